The third-order valence-corrected chi connectivity index (χ3v) is 3.43. The van der Waals surface area contributed by atoms with Crippen molar-refractivity contribution in [2.75, 3.05) is 5.32 Å². The zero-order chi connectivity index (χ0) is 13.4. The van der Waals surface area contributed by atoms with Crippen LogP contribution in [-0.2, 0) is 0 Å². The Morgan fingerprint density at radius 3 is 2.68 bits per heavy atom. The van der Waals surface area contributed by atoms with E-state index in [0.29, 0.717) is 17.3 Å². The number of nitrogens with one attached hydrogen (secondary N) is 1. The third-order valence-electron chi connectivity index (χ3n) is 3.15. The van der Waals surface area contributed by atoms with Crippen molar-refractivity contribution in [2.45, 2.75) is 18.4 Å². The van der Waals surface area contributed by atoms with Gasteiger partial charge in [-0.05, 0) is 18.6 Å². The van der Waals surface area contributed by atoms with Gasteiger partial charge in [-0.2, -0.15) is 0 Å². The maximum atomic E-state index is 13.6. The number of nitrogens with zero attached hydrogens (tertiary/aromatic N) is 2. The predicted molar refractivity (Wildman–Crippen MR) is 68.2 cm³/mol. The molecule has 1 N–H and O–H groups in total. The molecule has 0 radical (unpaired) electrons. The molecule has 0 saturated heterocycles. The maximum Gasteiger partial charge on any atom is 0.148 e. The molecule has 0 amide bonds. The number of hydrogen-bond acceptors (Lipinski definition) is 3. The first kappa shape index (κ1) is 12.3. The Balaban J connectivity index is 1.77. The van der Waals surface area contributed by atoms with Crippen LogP contribution in [0.15, 0.2) is 30.7 Å². The molecule has 0 spiro atoms. The molecule has 1 saturated carbocycles. The summed E-state index contributed by atoms with van der Waals surface area (Å²) in [5.41, 5.74) is 0.130. The Kier molecular flexibility index (Phi) is 3.06. The van der Waals surface area contributed by atoms with Crippen molar-refractivity contribution in [1.29, 1.82) is 0 Å². The summed E-state index contributed by atoms with van der Waals surface area (Å²) in [6.45, 7) is 0. The van der Waals surface area contributed by atoms with Crippen LogP contribution in [0.1, 0.15) is 17.9 Å². The lowest BCUT2D eigenvalue weighted by atomic mass is 10.1. The molecule has 6 heteroatoms. The molecule has 1 aromatic carbocycles. The van der Waals surface area contributed by atoms with E-state index in [1.54, 1.807) is 0 Å². The Hall–Kier alpha value is -1.75. The summed E-state index contributed by atoms with van der Waals surface area (Å²) in [5, 5.41) is 3.46. The number of hydrogen-bond donors (Lipinski definition) is 1. The minimum absolute atomic E-state index is 0.0567. The fourth-order valence-corrected chi connectivity index (χ4v) is 2.29. The maximum absolute atomic E-state index is 13.6. The van der Waals surface area contributed by atoms with Gasteiger partial charge in [0.05, 0.1) is 6.20 Å². The lowest BCUT2D eigenvalue weighted by molar-refractivity contribution is 0.556. The second-order valence-electron chi connectivity index (χ2n) is 4.45. The van der Waals surface area contributed by atoms with E-state index in [1.165, 1.54) is 30.7 Å². The zero-order valence-electron chi connectivity index (χ0n) is 9.78. The Labute approximate surface area is 113 Å². The lowest BCUT2D eigenvalue weighted by Gasteiger charge is -2.07. The molecule has 1 aromatic heterocycles. The highest BCUT2D eigenvalue weighted by Crippen LogP contribution is 2.45. The van der Waals surface area contributed by atoms with Crippen LogP contribution in [0.2, 0.25) is 5.02 Å². The molecule has 3 nitrogen and oxygen atoms in total. The smallest absolute Gasteiger partial charge is 0.148 e. The van der Waals surface area contributed by atoms with Crippen molar-refractivity contribution in [3.63, 3.8) is 0 Å². The second-order valence-corrected chi connectivity index (χ2v) is 4.85. The van der Waals surface area contributed by atoms with E-state index >= 15 is 0 Å². The van der Waals surface area contributed by atoms with Crippen molar-refractivity contribution in [2.24, 2.45) is 0 Å². The molecule has 1 heterocycles. The first-order valence-electron chi connectivity index (χ1n) is 5.83. The summed E-state index contributed by atoms with van der Waals surface area (Å²) in [6.07, 6.45) is 3.49. The zero-order valence-corrected chi connectivity index (χ0v) is 10.5. The first-order valence-corrected chi connectivity index (χ1v) is 6.20. The third kappa shape index (κ3) is 2.38. The van der Waals surface area contributed by atoms with Crippen LogP contribution < -0.4 is 5.32 Å². The molecular weight excluding hydrogens is 272 g/mol. The van der Waals surface area contributed by atoms with Gasteiger partial charge in [0.25, 0.3) is 0 Å². The van der Waals surface area contributed by atoms with E-state index in [9.17, 15) is 8.78 Å². The first-order chi connectivity index (χ1) is 9.16. The van der Waals surface area contributed by atoms with Crippen LogP contribution in [0.3, 0.4) is 0 Å². The summed E-state index contributed by atoms with van der Waals surface area (Å²) < 4.78 is 27.2. The van der Waals surface area contributed by atoms with E-state index in [0.717, 1.165) is 0 Å². The highest BCUT2D eigenvalue weighted by Gasteiger charge is 2.42. The SMILES string of the molecule is Fc1cccc(F)c1C1CC1Nc1ncncc1Cl. The number of aromatic nitrogens is 2. The Morgan fingerprint density at radius 1 is 1.26 bits per heavy atom. The van der Waals surface area contributed by atoms with Gasteiger partial charge in [0, 0.05) is 17.5 Å². The molecular formula is C13H10ClF2N3. The van der Waals surface area contributed by atoms with E-state index < -0.39 is 11.6 Å². The summed E-state index contributed by atoms with van der Waals surface area (Å²) >= 11 is 5.92. The Bertz CT molecular complexity index is 600. The summed E-state index contributed by atoms with van der Waals surface area (Å²) in [7, 11) is 0. The van der Waals surface area contributed by atoms with Crippen LogP contribution >= 0.6 is 11.6 Å². The van der Waals surface area contributed by atoms with Crippen molar-refractivity contribution in [3.8, 4) is 0 Å². The molecule has 2 atom stereocenters. The van der Waals surface area contributed by atoms with Crippen molar-refractivity contribution >= 4 is 17.4 Å². The summed E-state index contributed by atoms with van der Waals surface area (Å²) in [6, 6.07) is 3.84. The molecule has 19 heavy (non-hydrogen) atoms. The standard InChI is InChI=1S/C13H10ClF2N3/c14-8-5-17-6-18-13(8)19-11-4-7(11)12-9(15)2-1-3-10(12)16/h1-3,5-7,11H,4H2,(H,17,18,19). The predicted octanol–water partition coefficient (Wildman–Crippen LogP) is 3.38. The molecule has 98 valence electrons. The van der Waals surface area contributed by atoms with Crippen molar-refractivity contribution in [3.05, 3.63) is 52.9 Å². The van der Waals surface area contributed by atoms with E-state index in [-0.39, 0.29) is 17.5 Å². The van der Waals surface area contributed by atoms with E-state index in [2.05, 4.69) is 15.3 Å². The van der Waals surface area contributed by atoms with Gasteiger partial charge in [-0.15, -0.1) is 0 Å². The number of rotatable bonds is 3. The van der Waals surface area contributed by atoms with Gasteiger partial charge in [-0.1, -0.05) is 17.7 Å². The number of halogens is 3. The average Bonchev–Trinajstić information content (AvgIpc) is 3.11. The molecule has 3 rings (SSSR count). The molecule has 0 bridgehead atoms. The Morgan fingerprint density at radius 2 is 2.00 bits per heavy atom. The lowest BCUT2D eigenvalue weighted by Crippen LogP contribution is -2.08. The van der Waals surface area contributed by atoms with Crippen LogP contribution in [0, 0.1) is 11.6 Å². The number of benzene rings is 1. The quantitative estimate of drug-likeness (QED) is 0.937. The van der Waals surface area contributed by atoms with Gasteiger partial charge in [0.1, 0.15) is 28.8 Å². The van der Waals surface area contributed by atoms with Crippen LogP contribution in [0.4, 0.5) is 14.6 Å². The minimum atomic E-state index is -0.511. The molecule has 1 fully saturated rings. The van der Waals surface area contributed by atoms with E-state index in [4.69, 9.17) is 11.6 Å². The highest BCUT2D eigenvalue weighted by atomic mass is 35.5. The minimum Gasteiger partial charge on any atom is -0.365 e. The van der Waals surface area contributed by atoms with Crippen molar-refractivity contribution in [1.82, 2.24) is 9.97 Å². The average molecular weight is 282 g/mol. The van der Waals surface area contributed by atoms with Crippen LogP contribution in [0.25, 0.3) is 0 Å². The van der Waals surface area contributed by atoms with Gasteiger partial charge in [0.15, 0.2) is 0 Å². The second kappa shape index (κ2) is 4.74. The molecule has 2 unspecified atom stereocenters. The van der Waals surface area contributed by atoms with Crippen LogP contribution in [-0.4, -0.2) is 16.0 Å². The fraction of sp³-hybridized carbons (Fsp3) is 0.231. The van der Waals surface area contributed by atoms with Crippen molar-refractivity contribution < 1.29 is 8.78 Å². The topological polar surface area (TPSA) is 37.8 Å². The van der Waals surface area contributed by atoms with Gasteiger partial charge < -0.3 is 5.32 Å². The molecule has 0 aliphatic heterocycles. The fourth-order valence-electron chi connectivity index (χ4n) is 2.13. The van der Waals surface area contributed by atoms with Gasteiger partial charge >= 0.3 is 0 Å². The molecule has 1 aliphatic carbocycles. The van der Waals surface area contributed by atoms with Gasteiger partial charge in [-0.3, -0.25) is 0 Å². The monoisotopic (exact) mass is 281 g/mol. The molecule has 1 aliphatic rings. The largest absolute Gasteiger partial charge is 0.365 e. The van der Waals surface area contributed by atoms with Gasteiger partial charge in [-0.25, -0.2) is 18.7 Å². The summed E-state index contributed by atoms with van der Waals surface area (Å²) in [4.78, 5) is 7.76. The van der Waals surface area contributed by atoms with Crippen LogP contribution in [0.5, 0.6) is 0 Å². The summed E-state index contributed by atoms with van der Waals surface area (Å²) in [5.74, 6) is -0.723. The highest BCUT2D eigenvalue weighted by molar-refractivity contribution is 6.32. The molecule has 2 aromatic rings. The van der Waals surface area contributed by atoms with Gasteiger partial charge in [0.2, 0.25) is 0 Å². The normalized spacial score (nSPS) is 21.2. The van der Waals surface area contributed by atoms with E-state index in [1.807, 2.05) is 0 Å². The number of anilines is 1.